The second-order valence-corrected chi connectivity index (χ2v) is 4.44. The van der Waals surface area contributed by atoms with Crippen LogP contribution in [0, 0.1) is 0 Å². The highest BCUT2D eigenvalue weighted by molar-refractivity contribution is 6.04. The quantitative estimate of drug-likeness (QED) is 0.765. The molecule has 7 heteroatoms. The van der Waals surface area contributed by atoms with Gasteiger partial charge >= 0.3 is 0 Å². The van der Waals surface area contributed by atoms with Crippen LogP contribution in [0.1, 0.15) is 10.4 Å². The highest BCUT2D eigenvalue weighted by Crippen LogP contribution is 2.30. The maximum atomic E-state index is 12.0. The highest BCUT2D eigenvalue weighted by Gasteiger charge is 2.16. The summed E-state index contributed by atoms with van der Waals surface area (Å²) in [5.41, 5.74) is 0.973. The van der Waals surface area contributed by atoms with Crippen molar-refractivity contribution in [2.24, 2.45) is 0 Å². The Bertz CT molecular complexity index is 782. The van der Waals surface area contributed by atoms with E-state index in [1.54, 1.807) is 18.2 Å². The van der Waals surface area contributed by atoms with Gasteiger partial charge in [0.25, 0.3) is 11.8 Å². The van der Waals surface area contributed by atoms with Crippen molar-refractivity contribution in [3.05, 3.63) is 52.4 Å². The van der Waals surface area contributed by atoms with Gasteiger partial charge in [-0.1, -0.05) is 0 Å². The van der Waals surface area contributed by atoms with Crippen molar-refractivity contribution in [3.8, 4) is 5.75 Å². The first-order valence-electron chi connectivity index (χ1n) is 6.18. The van der Waals surface area contributed by atoms with E-state index >= 15 is 0 Å². The number of H-pyrrole nitrogens is 1. The van der Waals surface area contributed by atoms with E-state index in [1.807, 2.05) is 0 Å². The van der Waals surface area contributed by atoms with E-state index in [-0.39, 0.29) is 23.6 Å². The molecule has 2 heterocycles. The summed E-state index contributed by atoms with van der Waals surface area (Å²) < 4.78 is 5.26. The second kappa shape index (κ2) is 5.12. The zero-order valence-corrected chi connectivity index (χ0v) is 10.8. The molecule has 1 aliphatic heterocycles. The third-order valence-corrected chi connectivity index (χ3v) is 2.91. The molecule has 106 valence electrons. The molecule has 0 fully saturated rings. The van der Waals surface area contributed by atoms with Crippen molar-refractivity contribution >= 4 is 23.2 Å². The van der Waals surface area contributed by atoms with Crippen LogP contribution < -0.4 is 20.9 Å². The molecule has 1 aromatic heterocycles. The molecule has 0 radical (unpaired) electrons. The van der Waals surface area contributed by atoms with Gasteiger partial charge in [-0.2, -0.15) is 0 Å². The van der Waals surface area contributed by atoms with Gasteiger partial charge < -0.3 is 20.4 Å². The number of carbonyl (C=O) groups is 2. The predicted molar refractivity (Wildman–Crippen MR) is 75.6 cm³/mol. The molecule has 0 spiro atoms. The summed E-state index contributed by atoms with van der Waals surface area (Å²) in [4.78, 5) is 36.8. The van der Waals surface area contributed by atoms with E-state index in [4.69, 9.17) is 4.74 Å². The molecule has 1 aliphatic rings. The van der Waals surface area contributed by atoms with Crippen LogP contribution in [-0.2, 0) is 4.79 Å². The monoisotopic (exact) mass is 285 g/mol. The zero-order chi connectivity index (χ0) is 14.8. The molecule has 0 atom stereocenters. The molecule has 3 rings (SSSR count). The number of aromatic amines is 1. The van der Waals surface area contributed by atoms with E-state index in [0.29, 0.717) is 17.1 Å². The number of nitrogens with one attached hydrogen (secondary N) is 3. The van der Waals surface area contributed by atoms with Gasteiger partial charge in [0, 0.05) is 29.6 Å². The van der Waals surface area contributed by atoms with Crippen molar-refractivity contribution in [3.63, 3.8) is 0 Å². The van der Waals surface area contributed by atoms with E-state index in [2.05, 4.69) is 15.6 Å². The minimum absolute atomic E-state index is 0.0571. The molecule has 7 nitrogen and oxygen atoms in total. The summed E-state index contributed by atoms with van der Waals surface area (Å²) in [5.74, 6) is -0.137. The number of carbonyl (C=O) groups excluding carboxylic acids is 2. The number of rotatable bonds is 2. The molecule has 1 aromatic carbocycles. The van der Waals surface area contributed by atoms with E-state index < -0.39 is 5.91 Å². The molecule has 0 bridgehead atoms. The van der Waals surface area contributed by atoms with Crippen molar-refractivity contribution < 1.29 is 14.3 Å². The maximum Gasteiger partial charge on any atom is 0.262 e. The van der Waals surface area contributed by atoms with Gasteiger partial charge in [-0.15, -0.1) is 0 Å². The molecule has 2 amide bonds. The second-order valence-electron chi connectivity index (χ2n) is 4.44. The largest absolute Gasteiger partial charge is 0.482 e. The Balaban J connectivity index is 1.81. The van der Waals surface area contributed by atoms with E-state index in [1.165, 1.54) is 18.3 Å². The van der Waals surface area contributed by atoms with Gasteiger partial charge in [0.2, 0.25) is 5.56 Å². The molecular weight excluding hydrogens is 274 g/mol. The van der Waals surface area contributed by atoms with Gasteiger partial charge in [-0.05, 0) is 18.2 Å². The predicted octanol–water partition coefficient (Wildman–Crippen LogP) is 0.958. The minimum Gasteiger partial charge on any atom is -0.482 e. The number of fused-ring (bicyclic) bond motifs is 1. The van der Waals surface area contributed by atoms with Crippen LogP contribution in [0.15, 0.2) is 41.3 Å². The van der Waals surface area contributed by atoms with Gasteiger partial charge in [0.1, 0.15) is 5.75 Å². The number of benzene rings is 1. The van der Waals surface area contributed by atoms with Crippen molar-refractivity contribution in [1.29, 1.82) is 0 Å². The van der Waals surface area contributed by atoms with Gasteiger partial charge in [-0.25, -0.2) is 0 Å². The smallest absolute Gasteiger partial charge is 0.262 e. The van der Waals surface area contributed by atoms with Crippen molar-refractivity contribution in [2.45, 2.75) is 0 Å². The normalized spacial score (nSPS) is 12.9. The fourth-order valence-corrected chi connectivity index (χ4v) is 1.94. The third kappa shape index (κ3) is 2.76. The number of hydrogen-bond acceptors (Lipinski definition) is 4. The lowest BCUT2D eigenvalue weighted by atomic mass is 10.2. The number of amides is 2. The number of hydrogen-bond donors (Lipinski definition) is 3. The Hall–Kier alpha value is -3.09. The summed E-state index contributed by atoms with van der Waals surface area (Å²) in [6, 6.07) is 7.61. The third-order valence-electron chi connectivity index (χ3n) is 2.91. The summed E-state index contributed by atoms with van der Waals surface area (Å²) in [6.07, 6.45) is 1.41. The van der Waals surface area contributed by atoms with Crippen LogP contribution >= 0.6 is 0 Å². The molecule has 3 N–H and O–H groups in total. The maximum absolute atomic E-state index is 12.0. The van der Waals surface area contributed by atoms with E-state index in [0.717, 1.165) is 0 Å². The van der Waals surface area contributed by atoms with E-state index in [9.17, 15) is 14.4 Å². The number of anilines is 2. The summed E-state index contributed by atoms with van der Waals surface area (Å²) in [5, 5.41) is 5.32. The van der Waals surface area contributed by atoms with Gasteiger partial charge in [0.15, 0.2) is 6.61 Å². The standard InChI is InChI=1S/C14H11N3O4/c18-12-5-8(3-4-15-12)14(20)16-9-1-2-10-11(6-9)21-7-13(19)17-10/h1-6H,7H2,(H,15,18)(H,16,20)(H,17,19). The number of ether oxygens (including phenoxy) is 1. The number of aromatic nitrogens is 1. The first-order chi connectivity index (χ1) is 10.1. The molecule has 2 aromatic rings. The van der Waals surface area contributed by atoms with Gasteiger partial charge in [-0.3, -0.25) is 14.4 Å². The average Bonchev–Trinajstić information content (AvgIpc) is 2.47. The van der Waals surface area contributed by atoms with Crippen LogP contribution in [0.3, 0.4) is 0 Å². The van der Waals surface area contributed by atoms with Gasteiger partial charge in [0.05, 0.1) is 5.69 Å². The molecule has 0 saturated heterocycles. The Morgan fingerprint density at radius 2 is 2.05 bits per heavy atom. The first-order valence-corrected chi connectivity index (χ1v) is 6.18. The molecule has 0 aliphatic carbocycles. The molecule has 21 heavy (non-hydrogen) atoms. The molecular formula is C14H11N3O4. The first kappa shape index (κ1) is 12.9. The average molecular weight is 285 g/mol. The summed E-state index contributed by atoms with van der Waals surface area (Å²) in [6.45, 7) is -0.0571. The van der Waals surface area contributed by atoms with Crippen LogP contribution in [0.4, 0.5) is 11.4 Å². The van der Waals surface area contributed by atoms with Crippen LogP contribution in [0.25, 0.3) is 0 Å². The number of pyridine rings is 1. The highest BCUT2D eigenvalue weighted by atomic mass is 16.5. The fourth-order valence-electron chi connectivity index (χ4n) is 1.94. The fraction of sp³-hybridized carbons (Fsp3) is 0.0714. The topological polar surface area (TPSA) is 100 Å². The SMILES string of the molecule is O=C1COc2cc(NC(=O)c3cc[nH]c(=O)c3)ccc2N1. The lowest BCUT2D eigenvalue weighted by Crippen LogP contribution is -2.25. The van der Waals surface area contributed by atoms with Crippen LogP contribution in [0.5, 0.6) is 5.75 Å². The Labute approximate surface area is 118 Å². The zero-order valence-electron chi connectivity index (χ0n) is 10.8. The lowest BCUT2D eigenvalue weighted by molar-refractivity contribution is -0.118. The summed E-state index contributed by atoms with van der Waals surface area (Å²) in [7, 11) is 0. The Morgan fingerprint density at radius 1 is 1.19 bits per heavy atom. The lowest BCUT2D eigenvalue weighted by Gasteiger charge is -2.18. The molecule has 0 unspecified atom stereocenters. The van der Waals surface area contributed by atoms with Crippen molar-refractivity contribution in [1.82, 2.24) is 4.98 Å². The van der Waals surface area contributed by atoms with Crippen molar-refractivity contribution in [2.75, 3.05) is 17.2 Å². The Kier molecular flexibility index (Phi) is 3.15. The summed E-state index contributed by atoms with van der Waals surface area (Å²) >= 11 is 0. The van der Waals surface area contributed by atoms with Crippen LogP contribution in [-0.4, -0.2) is 23.4 Å². The Morgan fingerprint density at radius 3 is 2.86 bits per heavy atom. The minimum atomic E-state index is -0.402. The molecule has 0 saturated carbocycles. The van der Waals surface area contributed by atoms with Crippen LogP contribution in [0.2, 0.25) is 0 Å².